The lowest BCUT2D eigenvalue weighted by atomic mass is 10.3. The molecule has 0 aliphatic carbocycles. The Morgan fingerprint density at radius 2 is 2.30 bits per heavy atom. The fraction of sp³-hybridized carbons (Fsp3) is 0.154. The Morgan fingerprint density at radius 3 is 3.10 bits per heavy atom. The summed E-state index contributed by atoms with van der Waals surface area (Å²) in [6.07, 6.45) is 1.67. The van der Waals surface area contributed by atoms with Crippen LogP contribution in [-0.4, -0.2) is 26.6 Å². The van der Waals surface area contributed by atoms with Gasteiger partial charge in [0.15, 0.2) is 5.13 Å². The summed E-state index contributed by atoms with van der Waals surface area (Å²) in [4.78, 5) is 23.4. The zero-order chi connectivity index (χ0) is 13.8. The van der Waals surface area contributed by atoms with Gasteiger partial charge in [-0.2, -0.15) is 0 Å². The first-order valence-electron chi connectivity index (χ1n) is 6.02. The molecule has 0 aliphatic rings. The Bertz CT molecular complexity index is 675. The molecule has 0 saturated carbocycles. The Balaban J connectivity index is 1.51. The first-order valence-corrected chi connectivity index (χ1v) is 8.05. The van der Waals surface area contributed by atoms with E-state index in [0.717, 1.165) is 16.9 Å². The molecule has 0 bridgehead atoms. The van der Waals surface area contributed by atoms with Gasteiger partial charge < -0.3 is 10.3 Å². The van der Waals surface area contributed by atoms with Gasteiger partial charge in [-0.25, -0.2) is 9.97 Å². The SMILES string of the molecule is O=C(CSCc1nc2ccccc2[nH]1)Nc1nccs1. The number of thioether (sulfide) groups is 1. The lowest BCUT2D eigenvalue weighted by molar-refractivity contribution is -0.113. The standard InChI is InChI=1S/C13H12N4OS2/c18-12(17-13-14-5-6-20-13)8-19-7-11-15-9-3-1-2-4-10(9)16-11/h1-6H,7-8H2,(H,15,16)(H,14,17,18). The van der Waals surface area contributed by atoms with E-state index >= 15 is 0 Å². The summed E-state index contributed by atoms with van der Waals surface area (Å²) in [5, 5.41) is 5.22. The molecular formula is C13H12N4OS2. The van der Waals surface area contributed by atoms with E-state index in [0.29, 0.717) is 16.6 Å². The average Bonchev–Trinajstić information content (AvgIpc) is 3.07. The molecule has 0 unspecified atom stereocenters. The number of nitrogens with one attached hydrogen (secondary N) is 2. The third-order valence-electron chi connectivity index (χ3n) is 2.59. The van der Waals surface area contributed by atoms with Crippen molar-refractivity contribution in [1.82, 2.24) is 15.0 Å². The largest absolute Gasteiger partial charge is 0.341 e. The number of H-pyrrole nitrogens is 1. The fourth-order valence-corrected chi connectivity index (χ4v) is 2.99. The van der Waals surface area contributed by atoms with Gasteiger partial charge in [0.25, 0.3) is 0 Å². The molecule has 20 heavy (non-hydrogen) atoms. The van der Waals surface area contributed by atoms with Gasteiger partial charge >= 0.3 is 0 Å². The molecule has 2 N–H and O–H groups in total. The van der Waals surface area contributed by atoms with E-state index in [1.165, 1.54) is 23.1 Å². The van der Waals surface area contributed by atoms with Gasteiger partial charge in [0.05, 0.1) is 22.5 Å². The van der Waals surface area contributed by atoms with Crippen LogP contribution in [0.4, 0.5) is 5.13 Å². The van der Waals surface area contributed by atoms with E-state index < -0.39 is 0 Å². The minimum absolute atomic E-state index is 0.0407. The summed E-state index contributed by atoms with van der Waals surface area (Å²) < 4.78 is 0. The van der Waals surface area contributed by atoms with Crippen LogP contribution in [-0.2, 0) is 10.5 Å². The van der Waals surface area contributed by atoms with Crippen molar-refractivity contribution in [2.24, 2.45) is 0 Å². The van der Waals surface area contributed by atoms with Crippen LogP contribution in [0.5, 0.6) is 0 Å². The molecule has 2 heterocycles. The van der Waals surface area contributed by atoms with Crippen LogP contribution in [0.3, 0.4) is 0 Å². The van der Waals surface area contributed by atoms with Gasteiger partial charge in [-0.05, 0) is 12.1 Å². The van der Waals surface area contributed by atoms with Crippen LogP contribution in [0.1, 0.15) is 5.82 Å². The number of rotatable bonds is 5. The van der Waals surface area contributed by atoms with Crippen LogP contribution in [0, 0.1) is 0 Å². The van der Waals surface area contributed by atoms with Crippen LogP contribution < -0.4 is 5.32 Å². The van der Waals surface area contributed by atoms with Crippen LogP contribution in [0.15, 0.2) is 35.8 Å². The van der Waals surface area contributed by atoms with Crippen LogP contribution in [0.2, 0.25) is 0 Å². The van der Waals surface area contributed by atoms with E-state index in [1.54, 1.807) is 6.20 Å². The summed E-state index contributed by atoms with van der Waals surface area (Å²) in [5.74, 6) is 1.91. The molecular weight excluding hydrogens is 292 g/mol. The Morgan fingerprint density at radius 1 is 1.40 bits per heavy atom. The number of para-hydroxylation sites is 2. The van der Waals surface area contributed by atoms with Crippen molar-refractivity contribution >= 4 is 45.2 Å². The zero-order valence-electron chi connectivity index (χ0n) is 10.5. The predicted molar refractivity (Wildman–Crippen MR) is 83.0 cm³/mol. The van der Waals surface area contributed by atoms with Gasteiger partial charge in [-0.15, -0.1) is 23.1 Å². The highest BCUT2D eigenvalue weighted by atomic mass is 32.2. The number of benzene rings is 1. The smallest absolute Gasteiger partial charge is 0.236 e. The first-order chi connectivity index (χ1) is 9.81. The van der Waals surface area contributed by atoms with Crippen molar-refractivity contribution in [2.75, 3.05) is 11.1 Å². The summed E-state index contributed by atoms with van der Waals surface area (Å²) >= 11 is 2.94. The molecule has 5 nitrogen and oxygen atoms in total. The summed E-state index contributed by atoms with van der Waals surface area (Å²) in [6.45, 7) is 0. The first kappa shape index (κ1) is 13.1. The summed E-state index contributed by atoms with van der Waals surface area (Å²) in [5.41, 5.74) is 1.98. The molecule has 3 rings (SSSR count). The quantitative estimate of drug-likeness (QED) is 0.760. The van der Waals surface area contributed by atoms with E-state index in [1.807, 2.05) is 29.6 Å². The second-order valence-electron chi connectivity index (χ2n) is 4.08. The normalized spacial score (nSPS) is 10.8. The monoisotopic (exact) mass is 304 g/mol. The number of fused-ring (bicyclic) bond motifs is 1. The topological polar surface area (TPSA) is 70.7 Å². The molecule has 3 aromatic rings. The van der Waals surface area contributed by atoms with Crippen molar-refractivity contribution in [3.63, 3.8) is 0 Å². The maximum absolute atomic E-state index is 11.7. The highest BCUT2D eigenvalue weighted by Crippen LogP contribution is 2.16. The number of aromatic nitrogens is 3. The molecule has 7 heteroatoms. The van der Waals surface area contributed by atoms with Gasteiger partial charge in [-0.1, -0.05) is 12.1 Å². The number of amides is 1. The predicted octanol–water partition coefficient (Wildman–Crippen LogP) is 2.89. The average molecular weight is 304 g/mol. The maximum Gasteiger partial charge on any atom is 0.236 e. The van der Waals surface area contributed by atoms with E-state index in [-0.39, 0.29) is 5.91 Å². The van der Waals surface area contributed by atoms with E-state index in [4.69, 9.17) is 0 Å². The minimum Gasteiger partial charge on any atom is -0.341 e. The van der Waals surface area contributed by atoms with Gasteiger partial charge in [0, 0.05) is 11.6 Å². The lowest BCUT2D eigenvalue weighted by Gasteiger charge is -2.00. The molecule has 0 spiro atoms. The van der Waals surface area contributed by atoms with Crippen molar-refractivity contribution in [3.8, 4) is 0 Å². The number of thiazole rings is 1. The molecule has 0 aliphatic heterocycles. The molecule has 0 atom stereocenters. The number of hydrogen-bond acceptors (Lipinski definition) is 5. The second kappa shape index (κ2) is 6.06. The third kappa shape index (κ3) is 3.17. The molecule has 0 fully saturated rings. The minimum atomic E-state index is -0.0407. The molecule has 1 aromatic carbocycles. The van der Waals surface area contributed by atoms with Crippen molar-refractivity contribution < 1.29 is 4.79 Å². The number of nitrogens with zero attached hydrogens (tertiary/aromatic N) is 2. The third-order valence-corrected chi connectivity index (χ3v) is 4.22. The number of hydrogen-bond donors (Lipinski definition) is 2. The number of carbonyl (C=O) groups is 1. The van der Waals surface area contributed by atoms with Crippen molar-refractivity contribution in [2.45, 2.75) is 5.75 Å². The van der Waals surface area contributed by atoms with E-state index in [9.17, 15) is 4.79 Å². The zero-order valence-corrected chi connectivity index (χ0v) is 12.1. The Kier molecular flexibility index (Phi) is 3.98. The van der Waals surface area contributed by atoms with Crippen LogP contribution >= 0.6 is 23.1 Å². The van der Waals surface area contributed by atoms with Gasteiger partial charge in [-0.3, -0.25) is 4.79 Å². The highest BCUT2D eigenvalue weighted by molar-refractivity contribution is 7.99. The summed E-state index contributed by atoms with van der Waals surface area (Å²) in [6, 6.07) is 7.89. The number of aromatic amines is 1. The van der Waals surface area contributed by atoms with E-state index in [2.05, 4.69) is 20.3 Å². The highest BCUT2D eigenvalue weighted by Gasteiger charge is 2.06. The van der Waals surface area contributed by atoms with Crippen molar-refractivity contribution in [1.29, 1.82) is 0 Å². The molecule has 102 valence electrons. The molecule has 1 amide bonds. The second-order valence-corrected chi connectivity index (χ2v) is 5.96. The number of carbonyl (C=O) groups excluding carboxylic acids is 1. The lowest BCUT2D eigenvalue weighted by Crippen LogP contribution is -2.13. The maximum atomic E-state index is 11.7. The van der Waals surface area contributed by atoms with Gasteiger partial charge in [0.1, 0.15) is 5.82 Å². The van der Waals surface area contributed by atoms with Crippen LogP contribution in [0.25, 0.3) is 11.0 Å². The van der Waals surface area contributed by atoms with Gasteiger partial charge in [0.2, 0.25) is 5.91 Å². The molecule has 0 radical (unpaired) electrons. The van der Waals surface area contributed by atoms with Crippen molar-refractivity contribution in [3.05, 3.63) is 41.7 Å². The molecule has 0 saturated heterocycles. The number of anilines is 1. The Hall–Kier alpha value is -1.86. The Labute approximate surface area is 123 Å². The molecule has 2 aromatic heterocycles. The number of imidazole rings is 1. The fourth-order valence-electron chi connectivity index (χ4n) is 1.75. The summed E-state index contributed by atoms with van der Waals surface area (Å²) in [7, 11) is 0.